The molecule has 1 aliphatic rings. The predicted molar refractivity (Wildman–Crippen MR) is 98.9 cm³/mol. The van der Waals surface area contributed by atoms with Gasteiger partial charge in [0.25, 0.3) is 0 Å². The second-order valence-corrected chi connectivity index (χ2v) is 6.79. The molecule has 2 N–H and O–H groups in total. The third-order valence-electron chi connectivity index (χ3n) is 4.92. The van der Waals surface area contributed by atoms with E-state index in [9.17, 15) is 18.0 Å². The van der Waals surface area contributed by atoms with E-state index in [0.29, 0.717) is 30.6 Å². The molecule has 0 spiro atoms. The Balaban J connectivity index is 1.53. The van der Waals surface area contributed by atoms with E-state index in [-0.39, 0.29) is 18.3 Å². The molecule has 1 saturated heterocycles. The molecule has 0 bridgehead atoms. The molecule has 146 valence electrons. The lowest BCUT2D eigenvalue weighted by Gasteiger charge is -2.34. The summed E-state index contributed by atoms with van der Waals surface area (Å²) in [5.74, 6) is -0.783. The number of rotatable bonds is 3. The highest BCUT2D eigenvalue weighted by molar-refractivity contribution is 6.01. The standard InChI is InChI=1S/C19H18F3N5O/c20-19(21,22)14-6-2-8-23-17(14)27-9-3-5-13(11-27)18(28)25-15-7-1-4-12-10-24-26-16(12)15/h1-2,4,6-8,10,13H,3,5,9,11H2,(H,24,26)(H,25,28). The number of nitrogens with zero attached hydrogens (tertiary/aromatic N) is 3. The summed E-state index contributed by atoms with van der Waals surface area (Å²) in [5.41, 5.74) is 0.539. The van der Waals surface area contributed by atoms with Crippen molar-refractivity contribution in [1.29, 1.82) is 0 Å². The first-order valence-electron chi connectivity index (χ1n) is 8.93. The molecule has 28 heavy (non-hydrogen) atoms. The third kappa shape index (κ3) is 3.51. The maximum atomic E-state index is 13.3. The van der Waals surface area contributed by atoms with Crippen LogP contribution in [0.4, 0.5) is 24.7 Å². The van der Waals surface area contributed by atoms with Gasteiger partial charge in [0.2, 0.25) is 5.91 Å². The number of aromatic amines is 1. The molecule has 1 aliphatic heterocycles. The highest BCUT2D eigenvalue weighted by Gasteiger charge is 2.37. The Hall–Kier alpha value is -3.10. The van der Waals surface area contributed by atoms with E-state index in [4.69, 9.17) is 0 Å². The molecule has 3 aromatic rings. The number of carbonyl (C=O) groups excluding carboxylic acids is 1. The molecule has 0 aliphatic carbocycles. The van der Waals surface area contributed by atoms with Gasteiger partial charge in [0.05, 0.1) is 28.9 Å². The Morgan fingerprint density at radius 3 is 2.93 bits per heavy atom. The van der Waals surface area contributed by atoms with Crippen LogP contribution < -0.4 is 10.2 Å². The average molecular weight is 389 g/mol. The van der Waals surface area contributed by atoms with E-state index in [1.165, 1.54) is 12.3 Å². The largest absolute Gasteiger partial charge is 0.419 e. The molecule has 6 nitrogen and oxygen atoms in total. The van der Waals surface area contributed by atoms with Crippen molar-refractivity contribution >= 4 is 28.3 Å². The number of aromatic nitrogens is 3. The zero-order valence-electron chi connectivity index (χ0n) is 14.8. The number of fused-ring (bicyclic) bond motifs is 1. The molecule has 1 amide bonds. The topological polar surface area (TPSA) is 73.9 Å². The summed E-state index contributed by atoms with van der Waals surface area (Å²) in [6.45, 7) is 0.616. The maximum absolute atomic E-state index is 13.3. The summed E-state index contributed by atoms with van der Waals surface area (Å²) in [5, 5.41) is 10.6. The van der Waals surface area contributed by atoms with Crippen LogP contribution in [0.25, 0.3) is 10.9 Å². The van der Waals surface area contributed by atoms with Crippen molar-refractivity contribution in [3.8, 4) is 0 Å². The minimum Gasteiger partial charge on any atom is -0.355 e. The lowest BCUT2D eigenvalue weighted by atomic mass is 9.96. The number of halogens is 3. The highest BCUT2D eigenvalue weighted by Crippen LogP contribution is 2.36. The zero-order chi connectivity index (χ0) is 19.7. The van der Waals surface area contributed by atoms with Gasteiger partial charge < -0.3 is 10.2 Å². The lowest BCUT2D eigenvalue weighted by Crippen LogP contribution is -2.42. The maximum Gasteiger partial charge on any atom is 0.419 e. The number of pyridine rings is 1. The Bertz CT molecular complexity index is 1000. The number of benzene rings is 1. The van der Waals surface area contributed by atoms with Crippen LogP contribution in [0.1, 0.15) is 18.4 Å². The van der Waals surface area contributed by atoms with Gasteiger partial charge in [-0.2, -0.15) is 18.3 Å². The highest BCUT2D eigenvalue weighted by atomic mass is 19.4. The zero-order valence-corrected chi connectivity index (χ0v) is 14.8. The van der Waals surface area contributed by atoms with Gasteiger partial charge in [0.1, 0.15) is 5.82 Å². The summed E-state index contributed by atoms with van der Waals surface area (Å²) >= 11 is 0. The van der Waals surface area contributed by atoms with Crippen molar-refractivity contribution < 1.29 is 18.0 Å². The molecule has 4 rings (SSSR count). The second-order valence-electron chi connectivity index (χ2n) is 6.79. The van der Waals surface area contributed by atoms with Crippen LogP contribution in [-0.2, 0) is 11.0 Å². The van der Waals surface area contributed by atoms with Crippen molar-refractivity contribution in [2.45, 2.75) is 19.0 Å². The normalized spacial score (nSPS) is 17.7. The minimum absolute atomic E-state index is 0.122. The van der Waals surface area contributed by atoms with Crippen LogP contribution in [0, 0.1) is 5.92 Å². The lowest BCUT2D eigenvalue weighted by molar-refractivity contribution is -0.137. The number of amides is 1. The molecule has 1 aromatic carbocycles. The van der Waals surface area contributed by atoms with Crippen LogP contribution >= 0.6 is 0 Å². The Labute approximate surface area is 158 Å². The number of carbonyl (C=O) groups is 1. The van der Waals surface area contributed by atoms with Crippen molar-refractivity contribution in [3.05, 3.63) is 48.3 Å². The van der Waals surface area contributed by atoms with Gasteiger partial charge in [0, 0.05) is 24.7 Å². The van der Waals surface area contributed by atoms with Gasteiger partial charge in [-0.05, 0) is 31.0 Å². The van der Waals surface area contributed by atoms with E-state index < -0.39 is 17.7 Å². The molecule has 1 unspecified atom stereocenters. The van der Waals surface area contributed by atoms with E-state index in [2.05, 4.69) is 20.5 Å². The first-order chi connectivity index (χ1) is 13.4. The van der Waals surface area contributed by atoms with Gasteiger partial charge in [-0.3, -0.25) is 9.89 Å². The molecular formula is C19H18F3N5O. The molecule has 3 heterocycles. The third-order valence-corrected chi connectivity index (χ3v) is 4.92. The number of para-hydroxylation sites is 1. The summed E-state index contributed by atoms with van der Waals surface area (Å²) in [6, 6.07) is 7.73. The second kappa shape index (κ2) is 7.14. The quantitative estimate of drug-likeness (QED) is 0.714. The summed E-state index contributed by atoms with van der Waals surface area (Å²) in [4.78, 5) is 18.3. The van der Waals surface area contributed by atoms with E-state index >= 15 is 0 Å². The van der Waals surface area contributed by atoms with E-state index in [0.717, 1.165) is 11.5 Å². The number of hydrogen-bond donors (Lipinski definition) is 2. The molecule has 2 aromatic heterocycles. The predicted octanol–water partition coefficient (Wildman–Crippen LogP) is 3.83. The molecule has 1 fully saturated rings. The van der Waals surface area contributed by atoms with E-state index in [1.807, 2.05) is 12.1 Å². The number of piperidine rings is 1. The summed E-state index contributed by atoms with van der Waals surface area (Å²) in [7, 11) is 0. The number of hydrogen-bond acceptors (Lipinski definition) is 4. The van der Waals surface area contributed by atoms with Crippen LogP contribution in [0.3, 0.4) is 0 Å². The van der Waals surface area contributed by atoms with Gasteiger partial charge in [-0.1, -0.05) is 12.1 Å². The summed E-state index contributed by atoms with van der Waals surface area (Å²) < 4.78 is 39.9. The SMILES string of the molecule is O=C(Nc1cccc2cn[nH]c12)C1CCCN(c2ncccc2C(F)(F)F)C1. The van der Waals surface area contributed by atoms with Crippen molar-refractivity contribution in [3.63, 3.8) is 0 Å². The Kier molecular flexibility index (Phi) is 4.66. The monoisotopic (exact) mass is 389 g/mol. The van der Waals surface area contributed by atoms with Gasteiger partial charge in [-0.15, -0.1) is 0 Å². The van der Waals surface area contributed by atoms with Gasteiger partial charge >= 0.3 is 6.18 Å². The number of H-pyrrole nitrogens is 1. The van der Waals surface area contributed by atoms with Crippen LogP contribution in [0.5, 0.6) is 0 Å². The Morgan fingerprint density at radius 1 is 1.25 bits per heavy atom. The molecule has 9 heteroatoms. The van der Waals surface area contributed by atoms with Crippen molar-refractivity contribution in [1.82, 2.24) is 15.2 Å². The van der Waals surface area contributed by atoms with Gasteiger partial charge in [0.15, 0.2) is 0 Å². The van der Waals surface area contributed by atoms with Crippen LogP contribution in [-0.4, -0.2) is 34.2 Å². The van der Waals surface area contributed by atoms with Crippen molar-refractivity contribution in [2.24, 2.45) is 5.92 Å². The summed E-state index contributed by atoms with van der Waals surface area (Å²) in [6.07, 6.45) is -0.273. The fourth-order valence-electron chi connectivity index (χ4n) is 3.56. The minimum atomic E-state index is -4.49. The first kappa shape index (κ1) is 18.3. The smallest absolute Gasteiger partial charge is 0.355 e. The molecule has 0 saturated carbocycles. The van der Waals surface area contributed by atoms with Gasteiger partial charge in [-0.25, -0.2) is 4.98 Å². The first-order valence-corrected chi connectivity index (χ1v) is 8.93. The fraction of sp³-hybridized carbons (Fsp3) is 0.316. The molecule has 1 atom stereocenters. The number of nitrogens with one attached hydrogen (secondary N) is 2. The van der Waals surface area contributed by atoms with Crippen molar-refractivity contribution in [2.75, 3.05) is 23.3 Å². The Morgan fingerprint density at radius 2 is 2.11 bits per heavy atom. The van der Waals surface area contributed by atoms with E-state index in [1.54, 1.807) is 17.2 Å². The van der Waals surface area contributed by atoms with Crippen LogP contribution in [0.15, 0.2) is 42.7 Å². The fourth-order valence-corrected chi connectivity index (χ4v) is 3.56. The average Bonchev–Trinajstić information content (AvgIpc) is 3.17. The van der Waals surface area contributed by atoms with Crippen LogP contribution in [0.2, 0.25) is 0 Å². The number of anilines is 2. The number of alkyl halides is 3. The molecular weight excluding hydrogens is 371 g/mol. The molecule has 0 radical (unpaired) electrons.